The van der Waals surface area contributed by atoms with Gasteiger partial charge in [0.25, 0.3) is 0 Å². The van der Waals surface area contributed by atoms with Crippen molar-refractivity contribution < 1.29 is 15.0 Å². The number of hydrogen-bond acceptors (Lipinski definition) is 6. The zero-order valence-electron chi connectivity index (χ0n) is 18.9. The van der Waals surface area contributed by atoms with Crippen LogP contribution in [0.15, 0.2) is 48.5 Å². The third-order valence-corrected chi connectivity index (χ3v) is 6.49. The van der Waals surface area contributed by atoms with Crippen LogP contribution in [-0.4, -0.2) is 46.4 Å². The Labute approximate surface area is 196 Å². The first-order chi connectivity index (χ1) is 16.4. The summed E-state index contributed by atoms with van der Waals surface area (Å²) in [5.41, 5.74) is 3.99. The molecule has 34 heavy (non-hydrogen) atoms. The summed E-state index contributed by atoms with van der Waals surface area (Å²) in [7, 11) is 0. The normalized spacial score (nSPS) is 17.8. The summed E-state index contributed by atoms with van der Waals surface area (Å²) >= 11 is 0. The number of imidazole rings is 1. The molecule has 9 heteroatoms. The Morgan fingerprint density at radius 3 is 2.59 bits per heavy atom. The molecule has 0 radical (unpaired) electrons. The fourth-order valence-corrected chi connectivity index (χ4v) is 4.94. The van der Waals surface area contributed by atoms with E-state index in [9.17, 15) is 15.0 Å². The highest BCUT2D eigenvalue weighted by Crippen LogP contribution is 2.38. The summed E-state index contributed by atoms with van der Waals surface area (Å²) in [5, 5.41) is 35.2. The van der Waals surface area contributed by atoms with Crippen molar-refractivity contribution in [2.24, 2.45) is 0 Å². The van der Waals surface area contributed by atoms with Crippen LogP contribution < -0.4 is 0 Å². The zero-order valence-corrected chi connectivity index (χ0v) is 18.9. The molecule has 1 atom stereocenters. The van der Waals surface area contributed by atoms with Gasteiger partial charge in [-0.2, -0.15) is 5.21 Å². The highest BCUT2D eigenvalue weighted by molar-refractivity contribution is 5.80. The van der Waals surface area contributed by atoms with Crippen molar-refractivity contribution >= 4 is 5.97 Å². The lowest BCUT2D eigenvalue weighted by Crippen LogP contribution is -2.32. The molecule has 174 valence electrons. The number of benzene rings is 2. The van der Waals surface area contributed by atoms with Crippen LogP contribution in [-0.2, 0) is 23.4 Å². The number of tetrazole rings is 1. The van der Waals surface area contributed by atoms with E-state index < -0.39 is 11.6 Å². The summed E-state index contributed by atoms with van der Waals surface area (Å²) < 4.78 is 1.98. The van der Waals surface area contributed by atoms with Crippen LogP contribution in [0.2, 0.25) is 0 Å². The third-order valence-electron chi connectivity index (χ3n) is 6.49. The maximum absolute atomic E-state index is 11.6. The smallest absolute Gasteiger partial charge is 0.306 e. The first-order valence-electron chi connectivity index (χ1n) is 11.4. The number of carboxylic acid groups (broad SMARTS) is 1. The first-order valence-corrected chi connectivity index (χ1v) is 11.4. The van der Waals surface area contributed by atoms with E-state index in [-0.39, 0.29) is 6.42 Å². The molecule has 4 aromatic rings. The molecule has 9 nitrogen and oxygen atoms in total. The topological polar surface area (TPSA) is 130 Å². The minimum atomic E-state index is -1.41. The minimum absolute atomic E-state index is 0.322. The second kappa shape index (κ2) is 8.83. The second-order valence-electron chi connectivity index (χ2n) is 8.83. The Kier molecular flexibility index (Phi) is 5.70. The van der Waals surface area contributed by atoms with Gasteiger partial charge in [-0.1, -0.05) is 48.5 Å². The van der Waals surface area contributed by atoms with Crippen LogP contribution in [0.5, 0.6) is 0 Å². The summed E-state index contributed by atoms with van der Waals surface area (Å²) in [6.45, 7) is 2.41. The Bertz CT molecular complexity index is 1310. The molecule has 2 aromatic heterocycles. The molecule has 1 unspecified atom stereocenters. The predicted molar refractivity (Wildman–Crippen MR) is 125 cm³/mol. The van der Waals surface area contributed by atoms with Gasteiger partial charge in [-0.05, 0) is 54.5 Å². The Hall–Kier alpha value is -3.85. The fraction of sp³-hybridized carbons (Fsp3) is 0.320. The predicted octanol–water partition coefficient (Wildman–Crippen LogP) is 3.48. The van der Waals surface area contributed by atoms with E-state index in [1.54, 1.807) is 0 Å². The Morgan fingerprint density at radius 1 is 1.12 bits per heavy atom. The average molecular weight is 459 g/mol. The van der Waals surface area contributed by atoms with E-state index in [0.29, 0.717) is 24.5 Å². The number of aromatic amines is 1. The lowest BCUT2D eigenvalue weighted by Gasteiger charge is -2.28. The van der Waals surface area contributed by atoms with Crippen molar-refractivity contribution in [3.8, 4) is 22.5 Å². The molecule has 0 aliphatic heterocycles. The van der Waals surface area contributed by atoms with Crippen molar-refractivity contribution in [2.45, 2.75) is 51.2 Å². The van der Waals surface area contributed by atoms with Gasteiger partial charge in [0.05, 0.1) is 17.8 Å². The van der Waals surface area contributed by atoms with Gasteiger partial charge >= 0.3 is 5.97 Å². The number of hydrogen-bond donors (Lipinski definition) is 3. The number of aryl methyl sites for hydroxylation is 2. The fourth-order valence-electron chi connectivity index (χ4n) is 4.94. The summed E-state index contributed by atoms with van der Waals surface area (Å²) in [6, 6.07) is 16.1. The quantitative estimate of drug-likeness (QED) is 0.377. The van der Waals surface area contributed by atoms with E-state index in [2.05, 4.69) is 20.6 Å². The standard InChI is InChI=1S/C25H26N6O3/c1-16-26-21-8-4-5-13-25(34,14-22(32)33)23(21)31(16)15-17-9-11-18(12-10-17)19-6-2-3-7-20(19)24-27-29-30-28-24/h2-3,6-7,9-12,34H,4-5,8,13-15H2,1H3,(H,32,33)(H,27,28,29,30). The van der Waals surface area contributed by atoms with Gasteiger partial charge in [0, 0.05) is 12.1 Å². The molecular formula is C25H26N6O3. The number of carboxylic acids is 1. The molecule has 0 saturated carbocycles. The summed E-state index contributed by atoms with van der Waals surface area (Å²) in [5.74, 6) is 0.307. The largest absolute Gasteiger partial charge is 0.481 e. The molecule has 2 heterocycles. The highest BCUT2D eigenvalue weighted by Gasteiger charge is 2.39. The zero-order chi connectivity index (χ0) is 23.7. The average Bonchev–Trinajstić information content (AvgIpc) is 3.42. The van der Waals surface area contributed by atoms with Crippen LogP contribution in [0.3, 0.4) is 0 Å². The molecule has 3 N–H and O–H groups in total. The maximum Gasteiger partial charge on any atom is 0.306 e. The summed E-state index contributed by atoms with van der Waals surface area (Å²) in [6.07, 6.45) is 2.50. The molecular weight excluding hydrogens is 432 g/mol. The number of aromatic nitrogens is 6. The molecule has 0 fully saturated rings. The number of rotatable bonds is 6. The highest BCUT2D eigenvalue weighted by atomic mass is 16.4. The van der Waals surface area contributed by atoms with E-state index in [0.717, 1.165) is 53.0 Å². The van der Waals surface area contributed by atoms with E-state index in [1.165, 1.54) is 0 Å². The van der Waals surface area contributed by atoms with Crippen LogP contribution in [0.4, 0.5) is 0 Å². The monoisotopic (exact) mass is 458 g/mol. The van der Waals surface area contributed by atoms with Crippen molar-refractivity contribution in [3.63, 3.8) is 0 Å². The SMILES string of the molecule is Cc1nc2c(n1Cc1ccc(-c3ccccc3-c3nn[nH]n3)cc1)C(O)(CC(=O)O)CCCC2. The first kappa shape index (κ1) is 22.0. The van der Waals surface area contributed by atoms with Gasteiger partial charge in [0.15, 0.2) is 0 Å². The molecule has 0 saturated heterocycles. The third kappa shape index (κ3) is 4.10. The van der Waals surface area contributed by atoms with Gasteiger partial charge < -0.3 is 14.8 Å². The number of fused-ring (bicyclic) bond motifs is 1. The summed E-state index contributed by atoms with van der Waals surface area (Å²) in [4.78, 5) is 16.3. The lowest BCUT2D eigenvalue weighted by atomic mass is 9.90. The molecule has 0 amide bonds. The number of aliphatic hydroxyl groups is 1. The maximum atomic E-state index is 11.6. The van der Waals surface area contributed by atoms with Gasteiger partial charge in [-0.3, -0.25) is 4.79 Å². The van der Waals surface area contributed by atoms with Crippen molar-refractivity contribution in [2.75, 3.05) is 0 Å². The van der Waals surface area contributed by atoms with Crippen LogP contribution >= 0.6 is 0 Å². The minimum Gasteiger partial charge on any atom is -0.481 e. The Balaban J connectivity index is 1.48. The number of H-pyrrole nitrogens is 1. The lowest BCUT2D eigenvalue weighted by molar-refractivity contribution is -0.143. The van der Waals surface area contributed by atoms with Crippen LogP contribution in [0.25, 0.3) is 22.5 Å². The molecule has 1 aliphatic carbocycles. The number of carbonyl (C=O) groups is 1. The second-order valence-corrected chi connectivity index (χ2v) is 8.83. The number of nitrogens with zero attached hydrogens (tertiary/aromatic N) is 5. The van der Waals surface area contributed by atoms with Crippen LogP contribution in [0.1, 0.15) is 48.5 Å². The van der Waals surface area contributed by atoms with Gasteiger partial charge in [0.2, 0.25) is 5.82 Å². The molecule has 0 bridgehead atoms. The van der Waals surface area contributed by atoms with E-state index in [1.807, 2.05) is 60.0 Å². The van der Waals surface area contributed by atoms with Gasteiger partial charge in [-0.15, -0.1) is 10.2 Å². The van der Waals surface area contributed by atoms with Crippen molar-refractivity contribution in [1.82, 2.24) is 30.2 Å². The van der Waals surface area contributed by atoms with Gasteiger partial charge in [0.1, 0.15) is 11.4 Å². The molecule has 0 spiro atoms. The van der Waals surface area contributed by atoms with Crippen molar-refractivity contribution in [1.29, 1.82) is 0 Å². The molecule has 5 rings (SSSR count). The van der Waals surface area contributed by atoms with Gasteiger partial charge in [-0.25, -0.2) is 4.98 Å². The molecule has 2 aromatic carbocycles. The van der Waals surface area contributed by atoms with E-state index in [4.69, 9.17) is 4.98 Å². The Morgan fingerprint density at radius 2 is 1.88 bits per heavy atom. The van der Waals surface area contributed by atoms with Crippen molar-refractivity contribution in [3.05, 3.63) is 71.3 Å². The number of aliphatic carboxylic acids is 1. The van der Waals surface area contributed by atoms with Crippen LogP contribution in [0, 0.1) is 6.92 Å². The van der Waals surface area contributed by atoms with E-state index >= 15 is 0 Å². The number of nitrogens with one attached hydrogen (secondary N) is 1. The molecule has 1 aliphatic rings.